The zero-order chi connectivity index (χ0) is 24.0. The van der Waals surface area contributed by atoms with E-state index >= 15 is 0 Å². The van der Waals surface area contributed by atoms with Gasteiger partial charge in [-0.05, 0) is 76.1 Å². The van der Waals surface area contributed by atoms with E-state index in [0.29, 0.717) is 6.04 Å². The molecular formula is C30H36N4. The summed E-state index contributed by atoms with van der Waals surface area (Å²) in [5, 5.41) is 5.15. The normalized spacial score (nSPS) is 15.7. The van der Waals surface area contributed by atoms with Gasteiger partial charge >= 0.3 is 0 Å². The van der Waals surface area contributed by atoms with Gasteiger partial charge in [-0.2, -0.15) is 9.61 Å². The van der Waals surface area contributed by atoms with Crippen molar-refractivity contribution in [2.24, 2.45) is 0 Å². The highest BCUT2D eigenvalue weighted by Gasteiger charge is 2.32. The second kappa shape index (κ2) is 8.90. The van der Waals surface area contributed by atoms with Crippen molar-refractivity contribution in [1.29, 1.82) is 0 Å². The lowest BCUT2D eigenvalue weighted by Crippen LogP contribution is -2.40. The molecule has 1 aliphatic rings. The molecule has 176 valence electrons. The molecule has 1 aliphatic heterocycles. The molecule has 0 fully saturated rings. The number of rotatable bonds is 5. The van der Waals surface area contributed by atoms with E-state index in [-0.39, 0.29) is 0 Å². The van der Waals surface area contributed by atoms with Crippen molar-refractivity contribution < 1.29 is 0 Å². The second-order valence-electron chi connectivity index (χ2n) is 10.1. The SMILES string of the molecule is CCCC1CCc2c(C)nc3c(-c4c(C)cc(C)cc4C)c(C)nn3c2N1Cc1ccccc1. The van der Waals surface area contributed by atoms with Gasteiger partial charge in [-0.1, -0.05) is 61.4 Å². The number of anilines is 1. The fourth-order valence-electron chi connectivity index (χ4n) is 5.99. The standard InChI is InChI=1S/C30H36N4/c1-7-11-25-14-15-26-22(5)31-29-28(27-20(3)16-19(2)17-21(27)4)23(6)32-34(29)30(26)33(25)18-24-12-9-8-10-13-24/h8-10,12-13,16-17,25H,7,11,14-15,18H2,1-6H3. The van der Waals surface area contributed by atoms with Gasteiger partial charge in [0, 0.05) is 23.8 Å². The van der Waals surface area contributed by atoms with Gasteiger partial charge in [0.15, 0.2) is 5.65 Å². The van der Waals surface area contributed by atoms with Crippen LogP contribution >= 0.6 is 0 Å². The lowest BCUT2D eigenvalue weighted by molar-refractivity contribution is 0.476. The van der Waals surface area contributed by atoms with E-state index in [9.17, 15) is 0 Å². The van der Waals surface area contributed by atoms with E-state index in [2.05, 4.69) is 93.4 Å². The maximum Gasteiger partial charge on any atom is 0.165 e. The number of benzene rings is 2. The summed E-state index contributed by atoms with van der Waals surface area (Å²) in [7, 11) is 0. The minimum atomic E-state index is 0.513. The summed E-state index contributed by atoms with van der Waals surface area (Å²) in [4.78, 5) is 7.79. The van der Waals surface area contributed by atoms with Crippen LogP contribution < -0.4 is 4.90 Å². The van der Waals surface area contributed by atoms with Crippen molar-refractivity contribution in [2.45, 2.75) is 79.8 Å². The van der Waals surface area contributed by atoms with Gasteiger partial charge in [-0.3, -0.25) is 0 Å². The third-order valence-corrected chi connectivity index (χ3v) is 7.40. The molecule has 0 aliphatic carbocycles. The van der Waals surface area contributed by atoms with E-state index in [1.165, 1.54) is 64.0 Å². The highest BCUT2D eigenvalue weighted by Crippen LogP contribution is 2.40. The van der Waals surface area contributed by atoms with Crippen LogP contribution in [0.25, 0.3) is 16.8 Å². The molecule has 1 unspecified atom stereocenters. The Labute approximate surface area is 203 Å². The van der Waals surface area contributed by atoms with Crippen molar-refractivity contribution >= 4 is 11.5 Å². The van der Waals surface area contributed by atoms with E-state index in [4.69, 9.17) is 10.1 Å². The molecule has 2 aromatic heterocycles. The highest BCUT2D eigenvalue weighted by molar-refractivity contribution is 5.85. The topological polar surface area (TPSA) is 33.4 Å². The van der Waals surface area contributed by atoms with Crippen LogP contribution in [0.5, 0.6) is 0 Å². The van der Waals surface area contributed by atoms with Crippen LogP contribution in [0.1, 0.15) is 65.4 Å². The highest BCUT2D eigenvalue weighted by atomic mass is 15.4. The lowest BCUT2D eigenvalue weighted by atomic mass is 9.92. The first-order chi connectivity index (χ1) is 16.4. The Balaban J connectivity index is 1.76. The summed E-state index contributed by atoms with van der Waals surface area (Å²) in [6, 6.07) is 15.9. The molecule has 4 nitrogen and oxygen atoms in total. The molecular weight excluding hydrogens is 416 g/mol. The maximum atomic E-state index is 5.18. The smallest absolute Gasteiger partial charge is 0.165 e. The number of aromatic nitrogens is 3. The second-order valence-corrected chi connectivity index (χ2v) is 10.1. The molecule has 5 rings (SSSR count). The average Bonchev–Trinajstić information content (AvgIpc) is 3.11. The number of aryl methyl sites for hydroxylation is 5. The molecule has 0 bridgehead atoms. The van der Waals surface area contributed by atoms with Gasteiger partial charge in [0.25, 0.3) is 0 Å². The Kier molecular flexibility index (Phi) is 5.93. The Hall–Kier alpha value is -3.14. The van der Waals surface area contributed by atoms with Crippen LogP contribution in [0, 0.1) is 34.6 Å². The molecule has 0 saturated carbocycles. The molecule has 0 radical (unpaired) electrons. The Morgan fingerprint density at radius 2 is 1.62 bits per heavy atom. The van der Waals surface area contributed by atoms with Crippen LogP contribution in [0.4, 0.5) is 5.82 Å². The molecule has 0 spiro atoms. The van der Waals surface area contributed by atoms with Crippen molar-refractivity contribution in [2.75, 3.05) is 4.90 Å². The molecule has 0 amide bonds. The van der Waals surface area contributed by atoms with E-state index < -0.39 is 0 Å². The quantitative estimate of drug-likeness (QED) is 0.325. The fourth-order valence-corrected chi connectivity index (χ4v) is 5.99. The summed E-state index contributed by atoms with van der Waals surface area (Å²) >= 11 is 0. The van der Waals surface area contributed by atoms with Crippen LogP contribution in [0.3, 0.4) is 0 Å². The van der Waals surface area contributed by atoms with Gasteiger partial charge in [0.05, 0.1) is 11.3 Å². The minimum absolute atomic E-state index is 0.513. The van der Waals surface area contributed by atoms with Gasteiger partial charge < -0.3 is 4.90 Å². The Morgan fingerprint density at radius 1 is 0.912 bits per heavy atom. The maximum absolute atomic E-state index is 5.18. The van der Waals surface area contributed by atoms with Gasteiger partial charge in [-0.25, -0.2) is 4.98 Å². The van der Waals surface area contributed by atoms with Crippen molar-refractivity contribution in [3.8, 4) is 11.1 Å². The molecule has 4 heteroatoms. The molecule has 4 aromatic rings. The lowest BCUT2D eigenvalue weighted by Gasteiger charge is -2.39. The first-order valence-electron chi connectivity index (χ1n) is 12.7. The van der Waals surface area contributed by atoms with E-state index in [0.717, 1.165) is 30.0 Å². The van der Waals surface area contributed by atoms with Crippen LogP contribution in [-0.4, -0.2) is 20.6 Å². The number of hydrogen-bond donors (Lipinski definition) is 0. The Morgan fingerprint density at radius 3 is 2.29 bits per heavy atom. The van der Waals surface area contributed by atoms with Crippen LogP contribution in [0.2, 0.25) is 0 Å². The van der Waals surface area contributed by atoms with E-state index in [1.807, 2.05) is 0 Å². The summed E-state index contributed by atoms with van der Waals surface area (Å²) in [5.41, 5.74) is 12.2. The summed E-state index contributed by atoms with van der Waals surface area (Å²) in [6.07, 6.45) is 4.62. The largest absolute Gasteiger partial charge is 0.349 e. The monoisotopic (exact) mass is 452 g/mol. The molecule has 3 heterocycles. The van der Waals surface area contributed by atoms with Crippen LogP contribution in [0.15, 0.2) is 42.5 Å². The summed E-state index contributed by atoms with van der Waals surface area (Å²) < 4.78 is 2.16. The average molecular weight is 453 g/mol. The van der Waals surface area contributed by atoms with Crippen molar-refractivity contribution in [3.05, 3.63) is 81.7 Å². The number of hydrogen-bond acceptors (Lipinski definition) is 3. The molecule has 2 aromatic carbocycles. The first kappa shape index (κ1) is 22.6. The minimum Gasteiger partial charge on any atom is -0.349 e. The zero-order valence-corrected chi connectivity index (χ0v) is 21.4. The molecule has 1 atom stereocenters. The number of nitrogens with zero attached hydrogens (tertiary/aromatic N) is 4. The predicted octanol–water partition coefficient (Wildman–Crippen LogP) is 7.06. The predicted molar refractivity (Wildman–Crippen MR) is 142 cm³/mol. The Bertz CT molecular complexity index is 1330. The van der Waals surface area contributed by atoms with Gasteiger partial charge in [0.1, 0.15) is 5.82 Å². The third kappa shape index (κ3) is 3.79. The summed E-state index contributed by atoms with van der Waals surface area (Å²) in [5.74, 6) is 1.24. The zero-order valence-electron chi connectivity index (χ0n) is 21.4. The van der Waals surface area contributed by atoms with Crippen LogP contribution in [-0.2, 0) is 13.0 Å². The fraction of sp³-hybridized carbons (Fsp3) is 0.400. The van der Waals surface area contributed by atoms with Gasteiger partial charge in [-0.15, -0.1) is 0 Å². The third-order valence-electron chi connectivity index (χ3n) is 7.40. The first-order valence-corrected chi connectivity index (χ1v) is 12.7. The molecule has 0 saturated heterocycles. The van der Waals surface area contributed by atoms with Gasteiger partial charge in [0.2, 0.25) is 0 Å². The number of fused-ring (bicyclic) bond motifs is 3. The summed E-state index contributed by atoms with van der Waals surface area (Å²) in [6.45, 7) is 14.1. The van der Waals surface area contributed by atoms with Crippen molar-refractivity contribution in [1.82, 2.24) is 14.6 Å². The molecule has 34 heavy (non-hydrogen) atoms. The van der Waals surface area contributed by atoms with Crippen molar-refractivity contribution in [3.63, 3.8) is 0 Å². The molecule has 0 N–H and O–H groups in total. The van der Waals surface area contributed by atoms with E-state index in [1.54, 1.807) is 0 Å².